The summed E-state index contributed by atoms with van der Waals surface area (Å²) in [5, 5.41) is 28.7. The number of hydrogen-bond donors (Lipinski definition) is 3. The summed E-state index contributed by atoms with van der Waals surface area (Å²) in [5.74, 6) is 1.09. The summed E-state index contributed by atoms with van der Waals surface area (Å²) < 4.78 is 10.8. The van der Waals surface area contributed by atoms with Crippen molar-refractivity contribution in [2.45, 2.75) is 99.9 Å². The lowest BCUT2D eigenvalue weighted by Crippen LogP contribution is -2.32. The van der Waals surface area contributed by atoms with E-state index in [-0.39, 0.29) is 29.3 Å². The summed E-state index contributed by atoms with van der Waals surface area (Å²) in [4.78, 5) is 23.8. The van der Waals surface area contributed by atoms with E-state index in [9.17, 15) is 9.59 Å². The molecule has 2 rings (SSSR count). The van der Waals surface area contributed by atoms with Crippen LogP contribution in [0.25, 0.3) is 5.70 Å². The Labute approximate surface area is 316 Å². The van der Waals surface area contributed by atoms with Crippen molar-refractivity contribution in [1.29, 1.82) is 0 Å². The number of carbonyl (C=O) groups is 2. The number of azo groups is 1. The zero-order chi connectivity index (χ0) is 39.4. The normalized spacial score (nSPS) is 17.9. The lowest BCUT2D eigenvalue weighted by atomic mass is 9.86. The van der Waals surface area contributed by atoms with Crippen molar-refractivity contribution in [2.24, 2.45) is 27.0 Å². The largest absolute Gasteiger partial charge is 0.464 e. The molecule has 0 fully saturated rings. The van der Waals surface area contributed by atoms with E-state index in [1.54, 1.807) is 40.8 Å². The molecule has 0 radical (unpaired) electrons. The molecule has 1 amide bonds. The van der Waals surface area contributed by atoms with Crippen molar-refractivity contribution in [3.05, 3.63) is 77.4 Å². The molecule has 0 aliphatic heterocycles. The average Bonchev–Trinajstić information content (AvgIpc) is 3.04. The number of aliphatic hydroxyl groups is 2. The van der Waals surface area contributed by atoms with Gasteiger partial charge in [-0.25, -0.2) is 4.79 Å². The number of nitrogens with zero attached hydrogens (tertiary/aromatic N) is 2. The molecule has 1 atom stereocenters. The highest BCUT2D eigenvalue weighted by Gasteiger charge is 2.27. The third kappa shape index (κ3) is 19.5. The van der Waals surface area contributed by atoms with Gasteiger partial charge in [-0.05, 0) is 81.6 Å². The second-order valence-corrected chi connectivity index (χ2v) is 18.5. The van der Waals surface area contributed by atoms with Gasteiger partial charge in [0.1, 0.15) is 12.7 Å². The third-order valence-electron chi connectivity index (χ3n) is 7.11. The molecule has 9 nitrogen and oxygen atoms in total. The number of aliphatic hydroxyl groups excluding tert-OH is 2. The second kappa shape index (κ2) is 23.7. The molecule has 11 heteroatoms. The van der Waals surface area contributed by atoms with Gasteiger partial charge >= 0.3 is 12.1 Å². The minimum Gasteiger partial charge on any atom is -0.464 e. The van der Waals surface area contributed by atoms with Crippen LogP contribution in [-0.4, -0.2) is 72.3 Å². The number of amides is 1. The maximum atomic E-state index is 12.4. The summed E-state index contributed by atoms with van der Waals surface area (Å²) in [6.07, 6.45) is 4.02. The first-order valence-electron chi connectivity index (χ1n) is 17.4. The fraction of sp³-hybridized carbons (Fsp3) is 0.600. The predicted molar refractivity (Wildman–Crippen MR) is 217 cm³/mol. The number of fused-ring (bicyclic) bond motifs is 1. The molecule has 288 valence electrons. The SMILES string of the molecule is C=CC1=C(\C=C)C(OC(=O)NCCC(C)C)Cc2ccccc2/C(N=NC)=C\1C.CC(C)(C)CO.CC(C)(CO)SSCCOC(=O)C(C)(C)C. The highest BCUT2D eigenvalue weighted by molar-refractivity contribution is 8.77. The van der Waals surface area contributed by atoms with Crippen LogP contribution >= 0.6 is 21.6 Å². The molecule has 0 saturated carbocycles. The van der Waals surface area contributed by atoms with Crippen molar-refractivity contribution >= 4 is 39.3 Å². The highest BCUT2D eigenvalue weighted by Crippen LogP contribution is 2.36. The molecule has 1 aliphatic carbocycles. The Morgan fingerprint density at radius 3 is 2.14 bits per heavy atom. The van der Waals surface area contributed by atoms with Crippen LogP contribution in [0, 0.1) is 16.7 Å². The minimum absolute atomic E-state index is 0.0972. The van der Waals surface area contributed by atoms with Crippen molar-refractivity contribution in [3.8, 4) is 0 Å². The van der Waals surface area contributed by atoms with Crippen LogP contribution in [0.3, 0.4) is 0 Å². The number of ether oxygens (including phenoxy) is 2. The van der Waals surface area contributed by atoms with Gasteiger partial charge in [0.05, 0.1) is 17.7 Å². The molecule has 1 unspecified atom stereocenters. The molecule has 1 aromatic rings. The van der Waals surface area contributed by atoms with E-state index in [4.69, 9.17) is 19.7 Å². The zero-order valence-electron chi connectivity index (χ0n) is 33.2. The van der Waals surface area contributed by atoms with E-state index in [2.05, 4.69) is 42.6 Å². The third-order valence-corrected chi connectivity index (χ3v) is 10.3. The topological polar surface area (TPSA) is 130 Å². The molecule has 0 aromatic heterocycles. The first-order chi connectivity index (χ1) is 23.7. The Kier molecular flexibility index (Phi) is 22.3. The van der Waals surface area contributed by atoms with Crippen LogP contribution in [0.1, 0.15) is 93.7 Å². The van der Waals surface area contributed by atoms with Gasteiger partial charge in [0.2, 0.25) is 0 Å². The monoisotopic (exact) mass is 747 g/mol. The molecular weight excluding hydrogens is 683 g/mol. The van der Waals surface area contributed by atoms with Gasteiger partial charge < -0.3 is 25.0 Å². The molecular formula is C40H65N3O6S2. The maximum absolute atomic E-state index is 12.4. The van der Waals surface area contributed by atoms with Crippen molar-refractivity contribution in [2.75, 3.05) is 39.2 Å². The van der Waals surface area contributed by atoms with Gasteiger partial charge in [-0.2, -0.15) is 10.2 Å². The van der Waals surface area contributed by atoms with E-state index in [1.165, 1.54) is 0 Å². The quantitative estimate of drug-likeness (QED) is 0.0788. The first kappa shape index (κ1) is 48.1. The predicted octanol–water partition coefficient (Wildman–Crippen LogP) is 9.62. The molecule has 1 aromatic carbocycles. The summed E-state index contributed by atoms with van der Waals surface area (Å²) in [6, 6.07) is 7.99. The smallest absolute Gasteiger partial charge is 0.407 e. The zero-order valence-corrected chi connectivity index (χ0v) is 34.9. The number of carbonyl (C=O) groups excluding carboxylic acids is 2. The molecule has 51 heavy (non-hydrogen) atoms. The Hall–Kier alpha value is -2.86. The first-order valence-corrected chi connectivity index (χ1v) is 19.7. The fourth-order valence-electron chi connectivity index (χ4n) is 4.05. The van der Waals surface area contributed by atoms with E-state index in [1.807, 2.05) is 86.6 Å². The van der Waals surface area contributed by atoms with Gasteiger partial charge in [0, 0.05) is 42.7 Å². The Balaban J connectivity index is 0.000000952. The number of hydrogen-bond acceptors (Lipinski definition) is 10. The summed E-state index contributed by atoms with van der Waals surface area (Å²) in [5.41, 5.74) is 5.07. The Morgan fingerprint density at radius 2 is 1.65 bits per heavy atom. The molecule has 0 bridgehead atoms. The minimum atomic E-state index is -0.476. The summed E-state index contributed by atoms with van der Waals surface area (Å²) in [6.45, 7) is 31.0. The van der Waals surface area contributed by atoms with Gasteiger partial charge in [-0.15, -0.1) is 0 Å². The highest BCUT2D eigenvalue weighted by atomic mass is 33.1. The van der Waals surface area contributed by atoms with Crippen LogP contribution in [0.2, 0.25) is 0 Å². The van der Waals surface area contributed by atoms with E-state index >= 15 is 0 Å². The average molecular weight is 748 g/mol. The summed E-state index contributed by atoms with van der Waals surface area (Å²) >= 11 is 0. The maximum Gasteiger partial charge on any atom is 0.407 e. The van der Waals surface area contributed by atoms with E-state index < -0.39 is 17.6 Å². The van der Waals surface area contributed by atoms with Gasteiger partial charge in [-0.3, -0.25) is 4.79 Å². The van der Waals surface area contributed by atoms with Crippen molar-refractivity contribution < 1.29 is 29.3 Å². The molecule has 0 heterocycles. The van der Waals surface area contributed by atoms with E-state index in [0.717, 1.165) is 45.7 Å². The molecule has 0 saturated heterocycles. The van der Waals surface area contributed by atoms with E-state index in [0.29, 0.717) is 25.5 Å². The van der Waals surface area contributed by atoms with Crippen LogP contribution in [0.5, 0.6) is 0 Å². The fourth-order valence-corrected chi connectivity index (χ4v) is 6.23. The van der Waals surface area contributed by atoms with Gasteiger partial charge in [0.25, 0.3) is 0 Å². The summed E-state index contributed by atoms with van der Waals surface area (Å²) in [7, 11) is 4.88. The van der Waals surface area contributed by atoms with Crippen LogP contribution in [0.4, 0.5) is 4.79 Å². The van der Waals surface area contributed by atoms with Gasteiger partial charge in [0.15, 0.2) is 0 Å². The number of rotatable bonds is 13. The molecule has 1 aliphatic rings. The van der Waals surface area contributed by atoms with Crippen LogP contribution in [0.15, 0.2) is 76.5 Å². The molecule has 0 spiro atoms. The number of nitrogens with one attached hydrogen (secondary N) is 1. The number of allylic oxidation sites excluding steroid dienone is 3. The number of alkyl carbamates (subject to hydrolysis) is 1. The van der Waals surface area contributed by atoms with Crippen LogP contribution < -0.4 is 5.32 Å². The lowest BCUT2D eigenvalue weighted by molar-refractivity contribution is -0.152. The lowest BCUT2D eigenvalue weighted by Gasteiger charge is -2.26. The Bertz CT molecular complexity index is 1350. The van der Waals surface area contributed by atoms with Crippen molar-refractivity contribution in [3.63, 3.8) is 0 Å². The van der Waals surface area contributed by atoms with Crippen molar-refractivity contribution in [1.82, 2.24) is 5.32 Å². The molecule has 3 N–H and O–H groups in total. The van der Waals surface area contributed by atoms with Gasteiger partial charge in [-0.1, -0.05) is 106 Å². The second-order valence-electron chi connectivity index (χ2n) is 15.3. The Morgan fingerprint density at radius 1 is 1.04 bits per heavy atom. The number of esters is 1. The van der Waals surface area contributed by atoms with Crippen LogP contribution in [-0.2, 0) is 20.7 Å². The standard InChI is InChI=1S/C24H31N3O2.C11H22O3S2.C5H12O/c1-7-19-17(5)23(27-25-6)21-12-10-9-11-18(21)15-22(20(19)8-2)29-24(28)26-14-13-16(3)4;1-10(2,3)9(13)14-6-7-15-16-11(4,5)8-12;1-5(2,3)4-6/h7-12,16,22H,1-2,13-15H2,3-6H3,(H,26,28);12H,6-8H2,1-5H3;6H,4H2,1-3H3/b20-19-,23-17+,27-25?;;. The number of benzene rings is 1.